The zero-order valence-electron chi connectivity index (χ0n) is 12.6. The molecule has 2 unspecified atom stereocenters. The summed E-state index contributed by atoms with van der Waals surface area (Å²) in [6.07, 6.45) is 2.41. The van der Waals surface area contributed by atoms with E-state index in [1.54, 1.807) is 26.4 Å². The number of para-hydroxylation sites is 1. The maximum absolute atomic E-state index is 12.8. The second kappa shape index (κ2) is 5.93. The van der Waals surface area contributed by atoms with Crippen LogP contribution in [0.2, 0.25) is 0 Å². The molecule has 0 spiro atoms. The van der Waals surface area contributed by atoms with Crippen molar-refractivity contribution in [2.75, 3.05) is 33.9 Å². The monoisotopic (exact) mass is 290 g/mol. The number of fused-ring (bicyclic) bond motifs is 1. The number of nitrogens with one attached hydrogen (secondary N) is 1. The Hall–Kier alpha value is -1.75. The number of methoxy groups -OCH3 is 2. The van der Waals surface area contributed by atoms with Crippen LogP contribution in [0.25, 0.3) is 0 Å². The Morgan fingerprint density at radius 2 is 2.14 bits per heavy atom. The average molecular weight is 290 g/mol. The Morgan fingerprint density at radius 3 is 2.86 bits per heavy atom. The van der Waals surface area contributed by atoms with Crippen molar-refractivity contribution in [3.63, 3.8) is 0 Å². The molecular weight excluding hydrogens is 268 g/mol. The van der Waals surface area contributed by atoms with Crippen molar-refractivity contribution in [2.45, 2.75) is 18.9 Å². The summed E-state index contributed by atoms with van der Waals surface area (Å²) in [7, 11) is 3.15. The third-order valence-electron chi connectivity index (χ3n) is 4.52. The molecule has 2 heterocycles. The molecule has 2 fully saturated rings. The molecule has 21 heavy (non-hydrogen) atoms. The van der Waals surface area contributed by atoms with E-state index in [0.717, 1.165) is 19.6 Å². The molecule has 3 rings (SSSR count). The zero-order valence-corrected chi connectivity index (χ0v) is 12.6. The van der Waals surface area contributed by atoms with Crippen molar-refractivity contribution >= 4 is 5.91 Å². The summed E-state index contributed by atoms with van der Waals surface area (Å²) < 4.78 is 10.7. The van der Waals surface area contributed by atoms with Gasteiger partial charge in [-0.1, -0.05) is 6.07 Å². The fourth-order valence-corrected chi connectivity index (χ4v) is 3.44. The van der Waals surface area contributed by atoms with Gasteiger partial charge in [-0.25, -0.2) is 0 Å². The standard InChI is InChI=1S/C16H22N2O3/c1-20-14-7-3-6-12(15(14)21-2)16(19)18-9-11-5-4-8-17-13(11)10-18/h3,6-7,11,13,17H,4-5,8-10H2,1-2H3. The summed E-state index contributed by atoms with van der Waals surface area (Å²) in [4.78, 5) is 14.7. The van der Waals surface area contributed by atoms with Gasteiger partial charge in [0.25, 0.3) is 5.91 Å². The highest BCUT2D eigenvalue weighted by Gasteiger charge is 2.37. The molecule has 0 saturated carbocycles. The minimum atomic E-state index is 0.0296. The molecule has 5 nitrogen and oxygen atoms in total. The summed E-state index contributed by atoms with van der Waals surface area (Å²) in [6.45, 7) is 2.67. The highest BCUT2D eigenvalue weighted by molar-refractivity contribution is 5.98. The number of hydrogen-bond acceptors (Lipinski definition) is 4. The van der Waals surface area contributed by atoms with Gasteiger partial charge < -0.3 is 19.7 Å². The smallest absolute Gasteiger partial charge is 0.257 e. The van der Waals surface area contributed by atoms with Crippen molar-refractivity contribution in [3.8, 4) is 11.5 Å². The van der Waals surface area contributed by atoms with Crippen LogP contribution in [0.15, 0.2) is 18.2 Å². The topological polar surface area (TPSA) is 50.8 Å². The molecule has 0 radical (unpaired) electrons. The van der Waals surface area contributed by atoms with E-state index in [1.165, 1.54) is 12.8 Å². The van der Waals surface area contributed by atoms with E-state index in [1.807, 2.05) is 11.0 Å². The van der Waals surface area contributed by atoms with E-state index in [2.05, 4.69) is 5.32 Å². The van der Waals surface area contributed by atoms with Crippen molar-refractivity contribution < 1.29 is 14.3 Å². The van der Waals surface area contributed by atoms with Gasteiger partial charge in [-0.05, 0) is 37.4 Å². The van der Waals surface area contributed by atoms with Crippen LogP contribution in [0.5, 0.6) is 11.5 Å². The van der Waals surface area contributed by atoms with Gasteiger partial charge in [0, 0.05) is 19.1 Å². The maximum Gasteiger partial charge on any atom is 0.257 e. The number of rotatable bonds is 3. The van der Waals surface area contributed by atoms with Crippen molar-refractivity contribution in [1.82, 2.24) is 10.2 Å². The normalized spacial score (nSPS) is 24.6. The van der Waals surface area contributed by atoms with E-state index in [0.29, 0.717) is 29.0 Å². The van der Waals surface area contributed by atoms with E-state index in [4.69, 9.17) is 9.47 Å². The lowest BCUT2D eigenvalue weighted by Gasteiger charge is -2.24. The van der Waals surface area contributed by atoms with E-state index in [-0.39, 0.29) is 5.91 Å². The average Bonchev–Trinajstić information content (AvgIpc) is 2.97. The molecule has 1 aromatic carbocycles. The van der Waals surface area contributed by atoms with Gasteiger partial charge in [0.2, 0.25) is 0 Å². The Bertz CT molecular complexity index is 518. The van der Waals surface area contributed by atoms with Crippen LogP contribution in [-0.2, 0) is 0 Å². The summed E-state index contributed by atoms with van der Waals surface area (Å²) in [5.41, 5.74) is 0.579. The van der Waals surface area contributed by atoms with Crippen molar-refractivity contribution in [3.05, 3.63) is 23.8 Å². The van der Waals surface area contributed by atoms with Gasteiger partial charge in [-0.2, -0.15) is 0 Å². The predicted octanol–water partition coefficient (Wildman–Crippen LogP) is 1.53. The molecule has 2 atom stereocenters. The molecule has 2 saturated heterocycles. The fraction of sp³-hybridized carbons (Fsp3) is 0.562. The quantitative estimate of drug-likeness (QED) is 0.917. The largest absolute Gasteiger partial charge is 0.493 e. The molecule has 2 aliphatic rings. The lowest BCUT2D eigenvalue weighted by molar-refractivity contribution is 0.0781. The predicted molar refractivity (Wildman–Crippen MR) is 80.0 cm³/mol. The fourth-order valence-electron chi connectivity index (χ4n) is 3.44. The molecule has 0 bridgehead atoms. The van der Waals surface area contributed by atoms with Crippen LogP contribution in [0.3, 0.4) is 0 Å². The summed E-state index contributed by atoms with van der Waals surface area (Å²) >= 11 is 0. The molecule has 114 valence electrons. The highest BCUT2D eigenvalue weighted by Crippen LogP contribution is 2.33. The number of ether oxygens (including phenoxy) is 2. The summed E-state index contributed by atoms with van der Waals surface area (Å²) in [5.74, 6) is 1.73. The Labute approximate surface area is 125 Å². The van der Waals surface area contributed by atoms with Gasteiger partial charge in [0.15, 0.2) is 11.5 Å². The van der Waals surface area contributed by atoms with Gasteiger partial charge in [-0.3, -0.25) is 4.79 Å². The number of benzene rings is 1. The highest BCUT2D eigenvalue weighted by atomic mass is 16.5. The van der Waals surface area contributed by atoms with Crippen molar-refractivity contribution in [2.24, 2.45) is 5.92 Å². The summed E-state index contributed by atoms with van der Waals surface area (Å²) in [6, 6.07) is 5.88. The molecule has 0 aliphatic carbocycles. The van der Waals surface area contributed by atoms with E-state index in [9.17, 15) is 4.79 Å². The van der Waals surface area contributed by atoms with Gasteiger partial charge in [-0.15, -0.1) is 0 Å². The molecule has 0 aromatic heterocycles. The second-order valence-electron chi connectivity index (χ2n) is 5.71. The maximum atomic E-state index is 12.8. The number of amides is 1. The van der Waals surface area contributed by atoms with E-state index < -0.39 is 0 Å². The number of hydrogen-bond donors (Lipinski definition) is 1. The minimum Gasteiger partial charge on any atom is -0.493 e. The number of carbonyl (C=O) groups excluding carboxylic acids is 1. The lowest BCUT2D eigenvalue weighted by Crippen LogP contribution is -2.41. The van der Waals surface area contributed by atoms with Gasteiger partial charge >= 0.3 is 0 Å². The SMILES string of the molecule is COc1cccc(C(=O)N2CC3CCCNC3C2)c1OC. The summed E-state index contributed by atoms with van der Waals surface area (Å²) in [5, 5.41) is 3.52. The number of piperidine rings is 1. The Kier molecular flexibility index (Phi) is 4.01. The molecule has 5 heteroatoms. The first-order valence-electron chi connectivity index (χ1n) is 7.48. The van der Waals surface area contributed by atoms with Crippen molar-refractivity contribution in [1.29, 1.82) is 0 Å². The zero-order chi connectivity index (χ0) is 14.8. The van der Waals surface area contributed by atoms with Crippen LogP contribution in [0, 0.1) is 5.92 Å². The minimum absolute atomic E-state index is 0.0296. The first kappa shape index (κ1) is 14.2. The second-order valence-corrected chi connectivity index (χ2v) is 5.71. The molecule has 2 aliphatic heterocycles. The van der Waals surface area contributed by atoms with Crippen LogP contribution >= 0.6 is 0 Å². The first-order chi connectivity index (χ1) is 10.2. The van der Waals surface area contributed by atoms with Crippen LogP contribution in [-0.4, -0.2) is 50.7 Å². The third-order valence-corrected chi connectivity index (χ3v) is 4.52. The Balaban J connectivity index is 1.82. The molecule has 1 N–H and O–H groups in total. The Morgan fingerprint density at radius 1 is 1.29 bits per heavy atom. The number of nitrogens with zero attached hydrogens (tertiary/aromatic N) is 1. The lowest BCUT2D eigenvalue weighted by atomic mass is 9.94. The van der Waals surface area contributed by atoms with Crippen LogP contribution < -0.4 is 14.8 Å². The van der Waals surface area contributed by atoms with E-state index >= 15 is 0 Å². The van der Waals surface area contributed by atoms with Gasteiger partial charge in [0.1, 0.15) is 0 Å². The molecular formula is C16H22N2O3. The number of likely N-dealkylation sites (tertiary alicyclic amines) is 1. The number of carbonyl (C=O) groups is 1. The molecule has 1 amide bonds. The molecule has 1 aromatic rings. The van der Waals surface area contributed by atoms with Crippen LogP contribution in [0.4, 0.5) is 0 Å². The van der Waals surface area contributed by atoms with Gasteiger partial charge in [0.05, 0.1) is 19.8 Å². The third kappa shape index (κ3) is 2.58. The first-order valence-corrected chi connectivity index (χ1v) is 7.48. The van der Waals surface area contributed by atoms with Crippen LogP contribution in [0.1, 0.15) is 23.2 Å².